The number of pyridine rings is 1. The Morgan fingerprint density at radius 2 is 2.00 bits per heavy atom. The van der Waals surface area contributed by atoms with E-state index in [0.29, 0.717) is 5.69 Å². The summed E-state index contributed by atoms with van der Waals surface area (Å²) < 4.78 is 15.4. The van der Waals surface area contributed by atoms with E-state index < -0.39 is 0 Å². The minimum absolute atomic E-state index is 0.152. The van der Waals surface area contributed by atoms with Crippen molar-refractivity contribution in [1.29, 1.82) is 0 Å². The van der Waals surface area contributed by atoms with Gasteiger partial charge in [0.1, 0.15) is 5.82 Å². The van der Waals surface area contributed by atoms with Crippen molar-refractivity contribution in [3.8, 4) is 0 Å². The van der Waals surface area contributed by atoms with Crippen molar-refractivity contribution < 1.29 is 9.18 Å². The molecular weight excluding hydrogens is 293 g/mol. The van der Waals surface area contributed by atoms with Gasteiger partial charge in [-0.05, 0) is 42.0 Å². The lowest BCUT2D eigenvalue weighted by Crippen LogP contribution is -2.19. The number of halogens is 1. The number of carbonyl (C=O) groups is 1. The standard InChI is InChI=1S/C18H16FN3O/c19-15-6-3-5-14(11-15)17(22-9-1-2-10-22)12-18(23)21-16-7-4-8-20-13-16/h1-11,13,17H,12H2,(H,21,23). The zero-order valence-electron chi connectivity index (χ0n) is 12.4. The van der Waals surface area contributed by atoms with E-state index in [4.69, 9.17) is 0 Å². The first kappa shape index (κ1) is 15.0. The highest BCUT2D eigenvalue weighted by Gasteiger charge is 2.18. The molecule has 0 aliphatic rings. The molecule has 1 amide bonds. The van der Waals surface area contributed by atoms with E-state index in [0.717, 1.165) is 5.56 Å². The van der Waals surface area contributed by atoms with Crippen LogP contribution in [0, 0.1) is 5.82 Å². The summed E-state index contributed by atoms with van der Waals surface area (Å²) in [6.07, 6.45) is 7.17. The van der Waals surface area contributed by atoms with E-state index in [1.165, 1.54) is 12.1 Å². The molecule has 3 aromatic rings. The molecule has 0 spiro atoms. The van der Waals surface area contributed by atoms with Crippen molar-refractivity contribution >= 4 is 11.6 Å². The zero-order chi connectivity index (χ0) is 16.1. The Morgan fingerprint density at radius 1 is 1.17 bits per heavy atom. The monoisotopic (exact) mass is 309 g/mol. The molecule has 0 aliphatic carbocycles. The van der Waals surface area contributed by atoms with Crippen LogP contribution in [0.5, 0.6) is 0 Å². The van der Waals surface area contributed by atoms with Gasteiger partial charge in [0.15, 0.2) is 0 Å². The Bertz CT molecular complexity index is 772. The number of rotatable bonds is 5. The quantitative estimate of drug-likeness (QED) is 0.782. The summed E-state index contributed by atoms with van der Waals surface area (Å²) in [5.74, 6) is -0.465. The van der Waals surface area contributed by atoms with E-state index in [1.54, 1.807) is 30.6 Å². The van der Waals surface area contributed by atoms with Crippen LogP contribution in [0.3, 0.4) is 0 Å². The lowest BCUT2D eigenvalue weighted by molar-refractivity contribution is -0.116. The molecule has 0 bridgehead atoms. The number of nitrogens with one attached hydrogen (secondary N) is 1. The van der Waals surface area contributed by atoms with Crippen LogP contribution >= 0.6 is 0 Å². The van der Waals surface area contributed by atoms with Gasteiger partial charge in [-0.2, -0.15) is 0 Å². The van der Waals surface area contributed by atoms with Crippen molar-refractivity contribution in [1.82, 2.24) is 9.55 Å². The Labute approximate surface area is 133 Å². The molecule has 5 heteroatoms. The SMILES string of the molecule is O=C(CC(c1cccc(F)c1)n1cccc1)Nc1cccnc1. The van der Waals surface area contributed by atoms with Crippen molar-refractivity contribution in [3.63, 3.8) is 0 Å². The number of carbonyl (C=O) groups excluding carboxylic acids is 1. The minimum atomic E-state index is -0.313. The van der Waals surface area contributed by atoms with Gasteiger partial charge < -0.3 is 9.88 Å². The van der Waals surface area contributed by atoms with Gasteiger partial charge in [-0.1, -0.05) is 12.1 Å². The summed E-state index contributed by atoms with van der Waals surface area (Å²) in [6, 6.07) is 13.4. The lowest BCUT2D eigenvalue weighted by atomic mass is 10.0. The summed E-state index contributed by atoms with van der Waals surface area (Å²) in [6.45, 7) is 0. The van der Waals surface area contributed by atoms with Crippen molar-refractivity contribution in [2.45, 2.75) is 12.5 Å². The molecule has 0 radical (unpaired) electrons. The number of amides is 1. The van der Waals surface area contributed by atoms with Crippen molar-refractivity contribution in [2.24, 2.45) is 0 Å². The van der Waals surface area contributed by atoms with Crippen molar-refractivity contribution in [2.75, 3.05) is 5.32 Å². The van der Waals surface area contributed by atoms with Crippen LogP contribution in [0.1, 0.15) is 18.0 Å². The second-order valence-electron chi connectivity index (χ2n) is 5.20. The van der Waals surface area contributed by atoms with Gasteiger partial charge in [0.2, 0.25) is 5.91 Å². The van der Waals surface area contributed by atoms with E-state index in [-0.39, 0.29) is 24.2 Å². The topological polar surface area (TPSA) is 46.9 Å². The van der Waals surface area contributed by atoms with E-state index in [2.05, 4.69) is 10.3 Å². The van der Waals surface area contributed by atoms with Gasteiger partial charge in [-0.25, -0.2) is 4.39 Å². The summed E-state index contributed by atoms with van der Waals surface area (Å²) in [5, 5.41) is 2.81. The van der Waals surface area contributed by atoms with Crippen LogP contribution in [0.4, 0.5) is 10.1 Å². The number of hydrogen-bond acceptors (Lipinski definition) is 2. The van der Waals surface area contributed by atoms with Crippen LogP contribution in [0.25, 0.3) is 0 Å². The largest absolute Gasteiger partial charge is 0.346 e. The number of anilines is 1. The van der Waals surface area contributed by atoms with Crippen LogP contribution in [-0.4, -0.2) is 15.5 Å². The second-order valence-corrected chi connectivity index (χ2v) is 5.20. The maximum absolute atomic E-state index is 13.5. The molecule has 4 nitrogen and oxygen atoms in total. The molecule has 1 unspecified atom stereocenters. The van der Waals surface area contributed by atoms with Gasteiger partial charge in [-0.3, -0.25) is 9.78 Å². The molecule has 0 saturated carbocycles. The molecule has 1 aromatic carbocycles. The van der Waals surface area contributed by atoms with E-state index in [9.17, 15) is 9.18 Å². The molecule has 1 atom stereocenters. The molecule has 0 saturated heterocycles. The summed E-state index contributed by atoms with van der Waals surface area (Å²) in [5.41, 5.74) is 1.39. The highest BCUT2D eigenvalue weighted by molar-refractivity contribution is 5.91. The van der Waals surface area contributed by atoms with Gasteiger partial charge in [-0.15, -0.1) is 0 Å². The Kier molecular flexibility index (Phi) is 4.47. The fraction of sp³-hybridized carbons (Fsp3) is 0.111. The van der Waals surface area contributed by atoms with E-state index >= 15 is 0 Å². The number of benzene rings is 1. The first-order valence-corrected chi connectivity index (χ1v) is 7.30. The van der Waals surface area contributed by atoms with Crippen LogP contribution in [-0.2, 0) is 4.79 Å². The van der Waals surface area contributed by atoms with Gasteiger partial charge in [0.05, 0.1) is 24.3 Å². The first-order valence-electron chi connectivity index (χ1n) is 7.30. The summed E-state index contributed by atoms with van der Waals surface area (Å²) in [7, 11) is 0. The second kappa shape index (κ2) is 6.87. The van der Waals surface area contributed by atoms with Crippen LogP contribution in [0.15, 0.2) is 73.3 Å². The normalized spacial score (nSPS) is 11.9. The fourth-order valence-electron chi connectivity index (χ4n) is 2.49. The maximum Gasteiger partial charge on any atom is 0.226 e. The van der Waals surface area contributed by atoms with E-state index in [1.807, 2.05) is 35.2 Å². The first-order chi connectivity index (χ1) is 11.2. The highest BCUT2D eigenvalue weighted by atomic mass is 19.1. The predicted molar refractivity (Wildman–Crippen MR) is 86.5 cm³/mol. The molecule has 0 fully saturated rings. The average molecular weight is 309 g/mol. The molecule has 2 heterocycles. The Hall–Kier alpha value is -2.95. The molecule has 2 aromatic heterocycles. The van der Waals surface area contributed by atoms with Crippen LogP contribution in [0.2, 0.25) is 0 Å². The number of nitrogens with zero attached hydrogens (tertiary/aromatic N) is 2. The average Bonchev–Trinajstić information content (AvgIpc) is 3.08. The minimum Gasteiger partial charge on any atom is -0.346 e. The molecule has 116 valence electrons. The summed E-state index contributed by atoms with van der Waals surface area (Å²) >= 11 is 0. The van der Waals surface area contributed by atoms with Gasteiger partial charge in [0.25, 0.3) is 0 Å². The smallest absolute Gasteiger partial charge is 0.226 e. The third-order valence-electron chi connectivity index (χ3n) is 3.54. The highest BCUT2D eigenvalue weighted by Crippen LogP contribution is 2.23. The number of aromatic nitrogens is 2. The molecule has 0 aliphatic heterocycles. The van der Waals surface area contributed by atoms with Gasteiger partial charge >= 0.3 is 0 Å². The fourth-order valence-corrected chi connectivity index (χ4v) is 2.49. The third-order valence-corrected chi connectivity index (χ3v) is 3.54. The third kappa shape index (κ3) is 3.83. The maximum atomic E-state index is 13.5. The summed E-state index contributed by atoms with van der Waals surface area (Å²) in [4.78, 5) is 16.3. The number of hydrogen-bond donors (Lipinski definition) is 1. The predicted octanol–water partition coefficient (Wildman–Crippen LogP) is 3.64. The van der Waals surface area contributed by atoms with Crippen LogP contribution < -0.4 is 5.32 Å². The molecular formula is C18H16FN3O. The Balaban J connectivity index is 1.81. The van der Waals surface area contributed by atoms with Gasteiger partial charge in [0, 0.05) is 18.6 Å². The lowest BCUT2D eigenvalue weighted by Gasteiger charge is -2.19. The molecule has 1 N–H and O–H groups in total. The molecule has 23 heavy (non-hydrogen) atoms. The van der Waals surface area contributed by atoms with Crippen molar-refractivity contribution in [3.05, 3.63) is 84.7 Å². The Morgan fingerprint density at radius 3 is 2.70 bits per heavy atom. The molecule has 3 rings (SSSR count). The zero-order valence-corrected chi connectivity index (χ0v) is 12.4.